The van der Waals surface area contributed by atoms with Gasteiger partial charge in [0.05, 0.1) is 10.8 Å². The first-order chi connectivity index (χ1) is 14.3. The molecule has 1 amide bonds. The van der Waals surface area contributed by atoms with Crippen molar-refractivity contribution in [2.24, 2.45) is 5.92 Å². The van der Waals surface area contributed by atoms with E-state index in [1.807, 2.05) is 0 Å². The van der Waals surface area contributed by atoms with E-state index < -0.39 is 11.9 Å². The van der Waals surface area contributed by atoms with Crippen LogP contribution >= 0.6 is 24.0 Å². The Balaban J connectivity index is 1.54. The van der Waals surface area contributed by atoms with Gasteiger partial charge in [0.1, 0.15) is 21.7 Å². The number of nitrogens with zero attached hydrogens (tertiary/aromatic N) is 1. The Morgan fingerprint density at radius 1 is 1.33 bits per heavy atom. The Morgan fingerprint density at radius 2 is 2.13 bits per heavy atom. The van der Waals surface area contributed by atoms with Crippen LogP contribution in [-0.4, -0.2) is 32.2 Å². The van der Waals surface area contributed by atoms with Crippen molar-refractivity contribution in [3.8, 4) is 11.3 Å². The van der Waals surface area contributed by atoms with E-state index in [4.69, 9.17) is 16.6 Å². The van der Waals surface area contributed by atoms with Crippen LogP contribution in [0.25, 0.3) is 17.4 Å². The molecule has 0 bridgehead atoms. The number of furan rings is 1. The van der Waals surface area contributed by atoms with Gasteiger partial charge in [-0.15, -0.1) is 0 Å². The molecule has 156 valence electrons. The van der Waals surface area contributed by atoms with Gasteiger partial charge >= 0.3 is 5.97 Å². The molecule has 1 saturated heterocycles. The molecule has 2 unspecified atom stereocenters. The zero-order valence-electron chi connectivity index (χ0n) is 16.3. The SMILES string of the molecule is Cc1cc(F)ccc1-c1ccc(/C=C2/SC(=S)N(C3CCCC(C(=O)O)C3)C2=O)o1. The number of thioether (sulfide) groups is 1. The van der Waals surface area contributed by atoms with E-state index in [1.54, 1.807) is 36.1 Å². The summed E-state index contributed by atoms with van der Waals surface area (Å²) < 4.78 is 19.7. The minimum absolute atomic E-state index is 0.188. The summed E-state index contributed by atoms with van der Waals surface area (Å²) in [6, 6.07) is 7.83. The molecule has 5 nitrogen and oxygen atoms in total. The van der Waals surface area contributed by atoms with Crippen molar-refractivity contribution in [3.05, 3.63) is 52.4 Å². The van der Waals surface area contributed by atoms with E-state index in [9.17, 15) is 19.1 Å². The van der Waals surface area contributed by atoms with Crippen molar-refractivity contribution in [1.29, 1.82) is 0 Å². The maximum atomic E-state index is 13.3. The van der Waals surface area contributed by atoms with Crippen molar-refractivity contribution in [3.63, 3.8) is 0 Å². The van der Waals surface area contributed by atoms with Gasteiger partial charge in [-0.25, -0.2) is 4.39 Å². The molecule has 0 radical (unpaired) electrons. The van der Waals surface area contributed by atoms with Crippen LogP contribution in [-0.2, 0) is 9.59 Å². The standard InChI is InChI=1S/C22H20FNO4S2/c1-12-9-14(23)5-7-17(12)18-8-6-16(28-18)11-19-20(25)24(22(29)30-19)15-4-2-3-13(10-15)21(26)27/h5-9,11,13,15H,2-4,10H2,1H3,(H,26,27)/b19-11+. The molecule has 30 heavy (non-hydrogen) atoms. The normalized spacial score (nSPS) is 23.4. The molecular weight excluding hydrogens is 425 g/mol. The second-order valence-corrected chi connectivity index (χ2v) is 9.24. The highest BCUT2D eigenvalue weighted by molar-refractivity contribution is 8.26. The second-order valence-electron chi connectivity index (χ2n) is 7.57. The Bertz CT molecular complexity index is 1060. The third-order valence-electron chi connectivity index (χ3n) is 5.54. The van der Waals surface area contributed by atoms with Crippen molar-refractivity contribution >= 4 is 46.3 Å². The van der Waals surface area contributed by atoms with E-state index in [0.29, 0.717) is 33.6 Å². The molecule has 4 rings (SSSR count). The summed E-state index contributed by atoms with van der Waals surface area (Å²) in [5.74, 6) is -0.688. The topological polar surface area (TPSA) is 70.8 Å². The maximum Gasteiger partial charge on any atom is 0.306 e. The molecule has 1 saturated carbocycles. The molecule has 8 heteroatoms. The lowest BCUT2D eigenvalue weighted by Crippen LogP contribution is -2.42. The molecule has 2 heterocycles. The first kappa shape index (κ1) is 20.8. The molecule has 1 aliphatic carbocycles. The van der Waals surface area contributed by atoms with Crippen LogP contribution < -0.4 is 0 Å². The van der Waals surface area contributed by atoms with Crippen LogP contribution in [0.1, 0.15) is 37.0 Å². The van der Waals surface area contributed by atoms with Crippen molar-refractivity contribution in [1.82, 2.24) is 4.90 Å². The monoisotopic (exact) mass is 445 g/mol. The highest BCUT2D eigenvalue weighted by atomic mass is 32.2. The van der Waals surface area contributed by atoms with Crippen molar-refractivity contribution < 1.29 is 23.5 Å². The molecule has 1 aromatic carbocycles. The van der Waals surface area contributed by atoms with Gasteiger partial charge in [-0.1, -0.05) is 30.4 Å². The molecule has 2 fully saturated rings. The summed E-state index contributed by atoms with van der Waals surface area (Å²) in [6.07, 6.45) is 4.21. The third-order valence-corrected chi connectivity index (χ3v) is 6.87. The van der Waals surface area contributed by atoms with Crippen LogP contribution in [0, 0.1) is 18.7 Å². The van der Waals surface area contributed by atoms with E-state index in [0.717, 1.165) is 24.0 Å². The number of aryl methyl sites for hydroxylation is 1. The van der Waals surface area contributed by atoms with Gasteiger partial charge in [-0.3, -0.25) is 14.5 Å². The maximum absolute atomic E-state index is 13.3. The van der Waals surface area contributed by atoms with E-state index in [1.165, 1.54) is 23.9 Å². The van der Waals surface area contributed by atoms with Gasteiger partial charge < -0.3 is 9.52 Å². The Hall–Kier alpha value is -2.45. The summed E-state index contributed by atoms with van der Waals surface area (Å²) in [7, 11) is 0. The lowest BCUT2D eigenvalue weighted by atomic mass is 9.85. The predicted octanol–water partition coefficient (Wildman–Crippen LogP) is 5.24. The predicted molar refractivity (Wildman–Crippen MR) is 117 cm³/mol. The van der Waals surface area contributed by atoms with Gasteiger partial charge in [0, 0.05) is 17.7 Å². The summed E-state index contributed by atoms with van der Waals surface area (Å²) in [5, 5.41) is 9.32. The average molecular weight is 446 g/mol. The van der Waals surface area contributed by atoms with Crippen molar-refractivity contribution in [2.45, 2.75) is 38.6 Å². The number of carbonyl (C=O) groups excluding carboxylic acids is 1. The van der Waals surface area contributed by atoms with Crippen molar-refractivity contribution in [2.75, 3.05) is 0 Å². The van der Waals surface area contributed by atoms with Crippen LogP contribution in [0.2, 0.25) is 0 Å². The van der Waals surface area contributed by atoms with Gasteiger partial charge in [-0.05, 0) is 62.1 Å². The second kappa shape index (κ2) is 8.35. The van der Waals surface area contributed by atoms with Gasteiger partial charge in [0.15, 0.2) is 0 Å². The molecule has 2 aliphatic rings. The number of halogens is 1. The number of amides is 1. The number of carboxylic acid groups (broad SMARTS) is 1. The molecule has 1 aromatic heterocycles. The quantitative estimate of drug-likeness (QED) is 0.513. The Morgan fingerprint density at radius 3 is 2.87 bits per heavy atom. The van der Waals surface area contributed by atoms with Crippen LogP contribution in [0.5, 0.6) is 0 Å². The van der Waals surface area contributed by atoms with Gasteiger partial charge in [0.2, 0.25) is 0 Å². The highest BCUT2D eigenvalue weighted by Crippen LogP contribution is 2.39. The largest absolute Gasteiger partial charge is 0.481 e. The fraction of sp³-hybridized carbons (Fsp3) is 0.318. The van der Waals surface area contributed by atoms with Gasteiger partial charge in [-0.2, -0.15) is 0 Å². The summed E-state index contributed by atoms with van der Waals surface area (Å²) in [6.45, 7) is 1.81. The van der Waals surface area contributed by atoms with E-state index >= 15 is 0 Å². The number of carbonyl (C=O) groups is 2. The fourth-order valence-electron chi connectivity index (χ4n) is 4.03. The lowest BCUT2D eigenvalue weighted by Gasteiger charge is -2.32. The molecule has 2 aromatic rings. The first-order valence-electron chi connectivity index (χ1n) is 9.69. The fourth-order valence-corrected chi connectivity index (χ4v) is 5.41. The number of rotatable bonds is 4. The zero-order valence-corrected chi connectivity index (χ0v) is 17.9. The van der Waals surface area contributed by atoms with Crippen LogP contribution in [0.4, 0.5) is 4.39 Å². The number of hydrogen-bond donors (Lipinski definition) is 1. The summed E-state index contributed by atoms with van der Waals surface area (Å²) in [4.78, 5) is 26.4. The average Bonchev–Trinajstić information content (AvgIpc) is 3.26. The molecular formula is C22H20FNO4S2. The molecule has 2 atom stereocenters. The van der Waals surface area contributed by atoms with E-state index in [2.05, 4.69) is 0 Å². The number of carboxylic acids is 1. The number of hydrogen-bond acceptors (Lipinski definition) is 5. The minimum Gasteiger partial charge on any atom is -0.481 e. The Labute approximate surface area is 182 Å². The first-order valence-corrected chi connectivity index (χ1v) is 10.9. The molecule has 1 N–H and O–H groups in total. The summed E-state index contributed by atoms with van der Waals surface area (Å²) >= 11 is 6.62. The highest BCUT2D eigenvalue weighted by Gasteiger charge is 2.40. The van der Waals surface area contributed by atoms with E-state index in [-0.39, 0.29) is 17.8 Å². The molecule has 1 aliphatic heterocycles. The summed E-state index contributed by atoms with van der Waals surface area (Å²) in [5.41, 5.74) is 1.54. The molecule has 0 spiro atoms. The smallest absolute Gasteiger partial charge is 0.306 e. The number of aliphatic carboxylic acids is 1. The number of thiocarbonyl (C=S) groups is 1. The lowest BCUT2D eigenvalue weighted by molar-refractivity contribution is -0.144. The zero-order chi connectivity index (χ0) is 21.4. The minimum atomic E-state index is -0.820. The van der Waals surface area contributed by atoms with Crippen LogP contribution in [0.3, 0.4) is 0 Å². The van der Waals surface area contributed by atoms with Gasteiger partial charge in [0.25, 0.3) is 5.91 Å². The number of benzene rings is 1. The van der Waals surface area contributed by atoms with Crippen LogP contribution in [0.15, 0.2) is 39.7 Å². The third kappa shape index (κ3) is 4.06. The Kier molecular flexibility index (Phi) is 5.79.